The number of hydrogen-bond donors (Lipinski definition) is 3. The zero-order valence-electron chi connectivity index (χ0n) is 11.9. The molecule has 3 N–H and O–H groups in total. The third kappa shape index (κ3) is 3.13. The summed E-state index contributed by atoms with van der Waals surface area (Å²) >= 11 is 0. The summed E-state index contributed by atoms with van der Waals surface area (Å²) in [6.07, 6.45) is 2.34. The second kappa shape index (κ2) is 5.44. The van der Waals surface area contributed by atoms with E-state index in [0.717, 1.165) is 11.3 Å². The van der Waals surface area contributed by atoms with Crippen LogP contribution < -0.4 is 10.9 Å². The highest BCUT2D eigenvalue weighted by Crippen LogP contribution is 2.38. The van der Waals surface area contributed by atoms with Gasteiger partial charge in [-0.25, -0.2) is 0 Å². The van der Waals surface area contributed by atoms with E-state index >= 15 is 0 Å². The third-order valence-electron chi connectivity index (χ3n) is 3.57. The number of aromatic nitrogens is 2. The van der Waals surface area contributed by atoms with E-state index in [2.05, 4.69) is 27.6 Å². The molecule has 0 spiro atoms. The quantitative estimate of drug-likeness (QED) is 0.738. The Bertz CT molecular complexity index is 668. The van der Waals surface area contributed by atoms with Crippen LogP contribution in [0.1, 0.15) is 46.1 Å². The summed E-state index contributed by atoms with van der Waals surface area (Å²) in [5.74, 6) is 0.279. The van der Waals surface area contributed by atoms with Gasteiger partial charge in [-0.3, -0.25) is 20.7 Å². The van der Waals surface area contributed by atoms with Crippen molar-refractivity contribution in [3.8, 4) is 0 Å². The Hall–Kier alpha value is -2.56. The van der Waals surface area contributed by atoms with Crippen LogP contribution in [0.25, 0.3) is 5.70 Å². The van der Waals surface area contributed by atoms with E-state index < -0.39 is 0 Å². The minimum Gasteiger partial charge on any atom is -0.298 e. The summed E-state index contributed by atoms with van der Waals surface area (Å²) in [5.41, 5.74) is 9.62. The molecule has 5 nitrogen and oxygen atoms in total. The topological polar surface area (TPSA) is 69.8 Å². The number of aryl methyl sites for hydroxylation is 1. The number of benzene rings is 1. The SMILES string of the molecule is C=C(NNC(=O)c1cc(C2CC2)[nH]n1)c1ccc(C)cc1. The lowest BCUT2D eigenvalue weighted by atomic mass is 10.1. The van der Waals surface area contributed by atoms with Gasteiger partial charge in [0.15, 0.2) is 5.69 Å². The van der Waals surface area contributed by atoms with Crippen LogP contribution in [0.15, 0.2) is 36.9 Å². The average molecular weight is 282 g/mol. The highest BCUT2D eigenvalue weighted by molar-refractivity contribution is 5.92. The van der Waals surface area contributed by atoms with Gasteiger partial charge >= 0.3 is 0 Å². The second-order valence-electron chi connectivity index (χ2n) is 5.41. The predicted octanol–water partition coefficient (Wildman–Crippen LogP) is 2.50. The number of carbonyl (C=O) groups excluding carboxylic acids is 1. The van der Waals surface area contributed by atoms with Gasteiger partial charge in [0, 0.05) is 11.6 Å². The predicted molar refractivity (Wildman–Crippen MR) is 81.4 cm³/mol. The van der Waals surface area contributed by atoms with E-state index in [1.54, 1.807) is 0 Å². The molecule has 5 heteroatoms. The first-order valence-corrected chi connectivity index (χ1v) is 7.01. The molecular weight excluding hydrogens is 264 g/mol. The van der Waals surface area contributed by atoms with Crippen molar-refractivity contribution in [2.45, 2.75) is 25.7 Å². The molecule has 108 valence electrons. The number of nitrogens with zero attached hydrogens (tertiary/aromatic N) is 1. The Kier molecular flexibility index (Phi) is 3.48. The Labute approximate surface area is 123 Å². The molecular formula is C16H18N4O. The van der Waals surface area contributed by atoms with Crippen LogP contribution in [0, 0.1) is 6.92 Å². The maximum atomic E-state index is 12.0. The summed E-state index contributed by atoms with van der Waals surface area (Å²) in [4.78, 5) is 12.0. The number of H-pyrrole nitrogens is 1. The van der Waals surface area contributed by atoms with E-state index in [4.69, 9.17) is 0 Å². The van der Waals surface area contributed by atoms with E-state index in [9.17, 15) is 4.79 Å². The molecule has 21 heavy (non-hydrogen) atoms. The van der Waals surface area contributed by atoms with Crippen LogP contribution in [0.5, 0.6) is 0 Å². The fourth-order valence-electron chi connectivity index (χ4n) is 2.08. The van der Waals surface area contributed by atoms with Gasteiger partial charge < -0.3 is 0 Å². The fraction of sp³-hybridized carbons (Fsp3) is 0.250. The van der Waals surface area contributed by atoms with E-state index in [-0.39, 0.29) is 5.91 Å². The summed E-state index contributed by atoms with van der Waals surface area (Å²) in [6, 6.07) is 9.72. The minimum atomic E-state index is -0.272. The Morgan fingerprint density at radius 1 is 1.29 bits per heavy atom. The Balaban J connectivity index is 1.57. The summed E-state index contributed by atoms with van der Waals surface area (Å²) < 4.78 is 0. The normalized spacial score (nSPS) is 13.8. The lowest BCUT2D eigenvalue weighted by Crippen LogP contribution is -2.36. The van der Waals surface area contributed by atoms with Gasteiger partial charge in [-0.05, 0) is 31.4 Å². The van der Waals surface area contributed by atoms with Gasteiger partial charge in [0.25, 0.3) is 5.91 Å². The minimum absolute atomic E-state index is 0.272. The van der Waals surface area contributed by atoms with Gasteiger partial charge in [-0.1, -0.05) is 36.4 Å². The molecule has 1 aromatic heterocycles. The van der Waals surface area contributed by atoms with Crippen LogP contribution in [0.2, 0.25) is 0 Å². The van der Waals surface area contributed by atoms with Crippen molar-refractivity contribution in [1.82, 2.24) is 21.0 Å². The lowest BCUT2D eigenvalue weighted by Gasteiger charge is -2.10. The molecule has 1 aliphatic rings. The maximum Gasteiger partial charge on any atom is 0.290 e. The van der Waals surface area contributed by atoms with Crippen LogP contribution in [-0.4, -0.2) is 16.1 Å². The first-order valence-electron chi connectivity index (χ1n) is 7.01. The van der Waals surface area contributed by atoms with Crippen molar-refractivity contribution in [2.24, 2.45) is 0 Å². The zero-order chi connectivity index (χ0) is 14.8. The van der Waals surface area contributed by atoms with Crippen molar-refractivity contribution in [2.75, 3.05) is 0 Å². The van der Waals surface area contributed by atoms with Crippen molar-refractivity contribution in [1.29, 1.82) is 0 Å². The number of nitrogens with one attached hydrogen (secondary N) is 3. The van der Waals surface area contributed by atoms with Crippen molar-refractivity contribution >= 4 is 11.6 Å². The van der Waals surface area contributed by atoms with E-state index in [1.165, 1.54) is 18.4 Å². The van der Waals surface area contributed by atoms with Crippen molar-refractivity contribution < 1.29 is 4.79 Å². The monoisotopic (exact) mass is 282 g/mol. The number of carbonyl (C=O) groups is 1. The molecule has 0 unspecified atom stereocenters. The first-order chi connectivity index (χ1) is 10.1. The summed E-state index contributed by atoms with van der Waals surface area (Å²) in [5, 5.41) is 6.95. The highest BCUT2D eigenvalue weighted by Gasteiger charge is 2.26. The second-order valence-corrected chi connectivity index (χ2v) is 5.41. The molecule has 1 heterocycles. The number of aromatic amines is 1. The average Bonchev–Trinajstić information content (AvgIpc) is 3.22. The number of hydrazine groups is 1. The molecule has 1 amide bonds. The maximum absolute atomic E-state index is 12.0. The van der Waals surface area contributed by atoms with Gasteiger partial charge in [0.2, 0.25) is 0 Å². The van der Waals surface area contributed by atoms with Gasteiger partial charge in [-0.15, -0.1) is 0 Å². The van der Waals surface area contributed by atoms with Gasteiger partial charge in [0.1, 0.15) is 0 Å². The first kappa shape index (κ1) is 13.4. The zero-order valence-corrected chi connectivity index (χ0v) is 11.9. The van der Waals surface area contributed by atoms with E-state index in [1.807, 2.05) is 37.3 Å². The number of hydrogen-bond acceptors (Lipinski definition) is 3. The Morgan fingerprint density at radius 3 is 2.67 bits per heavy atom. The lowest BCUT2D eigenvalue weighted by molar-refractivity contribution is 0.0937. The molecule has 0 saturated heterocycles. The van der Waals surface area contributed by atoms with Crippen LogP contribution in [0.4, 0.5) is 0 Å². The summed E-state index contributed by atoms with van der Waals surface area (Å²) in [6.45, 7) is 5.93. The molecule has 3 rings (SSSR count). The molecule has 0 atom stereocenters. The van der Waals surface area contributed by atoms with Crippen LogP contribution in [-0.2, 0) is 0 Å². The molecule has 1 saturated carbocycles. The molecule has 1 fully saturated rings. The highest BCUT2D eigenvalue weighted by atomic mass is 16.2. The smallest absolute Gasteiger partial charge is 0.290 e. The molecule has 0 aliphatic heterocycles. The van der Waals surface area contributed by atoms with Crippen molar-refractivity contribution in [3.63, 3.8) is 0 Å². The third-order valence-corrected chi connectivity index (χ3v) is 3.57. The molecule has 2 aromatic rings. The molecule has 0 radical (unpaired) electrons. The van der Waals surface area contributed by atoms with Crippen molar-refractivity contribution in [3.05, 3.63) is 59.4 Å². The molecule has 0 bridgehead atoms. The van der Waals surface area contributed by atoms with Gasteiger partial charge in [0.05, 0.1) is 5.70 Å². The standard InChI is InChI=1S/C16H18N4O/c1-10-3-5-12(6-4-10)11(2)17-20-16(21)15-9-14(18-19-15)13-7-8-13/h3-6,9,13,17H,2,7-8H2,1H3,(H,18,19)(H,20,21). The number of rotatable bonds is 5. The van der Waals surface area contributed by atoms with Crippen LogP contribution >= 0.6 is 0 Å². The summed E-state index contributed by atoms with van der Waals surface area (Å²) in [7, 11) is 0. The molecule has 1 aromatic carbocycles. The van der Waals surface area contributed by atoms with E-state index in [0.29, 0.717) is 17.3 Å². The van der Waals surface area contributed by atoms with Crippen LogP contribution in [0.3, 0.4) is 0 Å². The Morgan fingerprint density at radius 2 is 2.00 bits per heavy atom. The number of amides is 1. The largest absolute Gasteiger partial charge is 0.298 e. The van der Waals surface area contributed by atoms with Gasteiger partial charge in [-0.2, -0.15) is 5.10 Å². The fourth-order valence-corrected chi connectivity index (χ4v) is 2.08. The molecule has 1 aliphatic carbocycles.